The third kappa shape index (κ3) is 4.52. The Bertz CT molecular complexity index is 221. The first kappa shape index (κ1) is 15.9. The van der Waals surface area contributed by atoms with E-state index in [1.807, 2.05) is 0 Å². The van der Waals surface area contributed by atoms with Gasteiger partial charge in [0, 0.05) is 31.7 Å². The Labute approximate surface area is 112 Å². The molecule has 108 valence electrons. The van der Waals surface area contributed by atoms with Crippen molar-refractivity contribution in [3.8, 4) is 0 Å². The highest BCUT2D eigenvalue weighted by atomic mass is 16.3. The predicted molar refractivity (Wildman–Crippen MR) is 75.5 cm³/mol. The fourth-order valence-corrected chi connectivity index (χ4v) is 3.28. The highest BCUT2D eigenvalue weighted by Gasteiger charge is 2.34. The van der Waals surface area contributed by atoms with E-state index in [9.17, 15) is 5.11 Å². The third-order valence-corrected chi connectivity index (χ3v) is 4.42. The number of hydrogen-bond acceptors (Lipinski definition) is 3. The van der Waals surface area contributed by atoms with E-state index in [0.717, 1.165) is 25.9 Å². The molecule has 0 radical (unpaired) electrons. The maximum absolute atomic E-state index is 10.3. The Morgan fingerprint density at radius 1 is 1.22 bits per heavy atom. The number of rotatable bonds is 6. The molecular formula is C15H31NO2. The maximum atomic E-state index is 10.3. The van der Waals surface area contributed by atoms with E-state index < -0.39 is 0 Å². The summed E-state index contributed by atoms with van der Waals surface area (Å²) in [6.45, 7) is 11.0. The molecule has 4 atom stereocenters. The van der Waals surface area contributed by atoms with Crippen LogP contribution in [0.1, 0.15) is 47.0 Å². The highest BCUT2D eigenvalue weighted by Crippen LogP contribution is 2.34. The van der Waals surface area contributed by atoms with Crippen LogP contribution in [0.5, 0.6) is 0 Å². The Morgan fingerprint density at radius 3 is 2.39 bits per heavy atom. The van der Waals surface area contributed by atoms with E-state index in [-0.39, 0.29) is 12.7 Å². The fraction of sp³-hybridized carbons (Fsp3) is 1.00. The van der Waals surface area contributed by atoms with Gasteiger partial charge < -0.3 is 15.1 Å². The van der Waals surface area contributed by atoms with Crippen molar-refractivity contribution in [2.45, 2.75) is 59.1 Å². The van der Waals surface area contributed by atoms with Crippen molar-refractivity contribution in [1.82, 2.24) is 4.90 Å². The summed E-state index contributed by atoms with van der Waals surface area (Å²) in [5.41, 5.74) is 0. The molecule has 3 heteroatoms. The second kappa shape index (κ2) is 7.46. The lowest BCUT2D eigenvalue weighted by Gasteiger charge is -2.40. The normalized spacial score (nSPS) is 33.3. The molecule has 1 rings (SSSR count). The van der Waals surface area contributed by atoms with Crippen LogP contribution in [0.25, 0.3) is 0 Å². The van der Waals surface area contributed by atoms with Crippen LogP contribution in [0.3, 0.4) is 0 Å². The molecule has 1 fully saturated rings. The second-order valence-electron chi connectivity index (χ2n) is 6.45. The van der Waals surface area contributed by atoms with E-state index in [0.29, 0.717) is 23.8 Å². The Morgan fingerprint density at radius 2 is 1.89 bits per heavy atom. The van der Waals surface area contributed by atoms with E-state index >= 15 is 0 Å². The minimum absolute atomic E-state index is 0.154. The predicted octanol–water partition coefficient (Wildman–Crippen LogP) is 2.12. The molecule has 0 saturated heterocycles. The molecule has 0 aromatic heterocycles. The zero-order valence-corrected chi connectivity index (χ0v) is 12.5. The minimum Gasteiger partial charge on any atom is -0.396 e. The molecular weight excluding hydrogens is 226 g/mol. The fourth-order valence-electron chi connectivity index (χ4n) is 3.28. The molecule has 0 aliphatic heterocycles. The van der Waals surface area contributed by atoms with Crippen molar-refractivity contribution < 1.29 is 10.2 Å². The number of hydrogen-bond donors (Lipinski definition) is 2. The van der Waals surface area contributed by atoms with Crippen LogP contribution in [-0.4, -0.2) is 47.0 Å². The maximum Gasteiger partial charge on any atom is 0.0585 e. The molecule has 3 nitrogen and oxygen atoms in total. The van der Waals surface area contributed by atoms with Gasteiger partial charge in [0.15, 0.2) is 0 Å². The first-order valence-corrected chi connectivity index (χ1v) is 7.48. The summed E-state index contributed by atoms with van der Waals surface area (Å²) in [5.74, 6) is 1.64. The number of nitrogens with zero attached hydrogens (tertiary/aromatic N) is 1. The molecule has 4 unspecified atom stereocenters. The van der Waals surface area contributed by atoms with E-state index in [2.05, 4.69) is 32.6 Å². The van der Waals surface area contributed by atoms with Crippen molar-refractivity contribution in [1.29, 1.82) is 0 Å². The van der Waals surface area contributed by atoms with Gasteiger partial charge in [0.25, 0.3) is 0 Å². The molecule has 0 aromatic carbocycles. The Kier molecular flexibility index (Phi) is 6.61. The Hall–Kier alpha value is -0.120. The highest BCUT2D eigenvalue weighted by molar-refractivity contribution is 4.85. The topological polar surface area (TPSA) is 43.7 Å². The van der Waals surface area contributed by atoms with Crippen molar-refractivity contribution >= 4 is 0 Å². The van der Waals surface area contributed by atoms with Gasteiger partial charge in [0.1, 0.15) is 0 Å². The van der Waals surface area contributed by atoms with Crippen LogP contribution in [0.15, 0.2) is 0 Å². The van der Waals surface area contributed by atoms with Crippen LogP contribution >= 0.6 is 0 Å². The third-order valence-electron chi connectivity index (χ3n) is 4.42. The van der Waals surface area contributed by atoms with Crippen LogP contribution in [-0.2, 0) is 0 Å². The Balaban J connectivity index is 2.56. The van der Waals surface area contributed by atoms with Crippen LogP contribution in [0.4, 0.5) is 0 Å². The molecule has 1 aliphatic rings. The smallest absolute Gasteiger partial charge is 0.0585 e. The van der Waals surface area contributed by atoms with Gasteiger partial charge in [-0.25, -0.2) is 0 Å². The molecule has 2 N–H and O–H groups in total. The van der Waals surface area contributed by atoms with E-state index in [1.54, 1.807) is 0 Å². The molecule has 18 heavy (non-hydrogen) atoms. The molecule has 0 aromatic rings. The summed E-state index contributed by atoms with van der Waals surface area (Å²) in [4.78, 5) is 2.40. The van der Waals surface area contributed by atoms with Crippen LogP contribution in [0, 0.1) is 17.8 Å². The SMILES string of the molecule is CC1CC(C)C(CN(CCCO)C(C)C)C(O)C1. The molecule has 0 heterocycles. The summed E-state index contributed by atoms with van der Waals surface area (Å²) in [6, 6.07) is 0.482. The van der Waals surface area contributed by atoms with Gasteiger partial charge in [0.2, 0.25) is 0 Å². The first-order valence-electron chi connectivity index (χ1n) is 7.48. The molecule has 1 aliphatic carbocycles. The van der Waals surface area contributed by atoms with E-state index in [1.165, 1.54) is 6.42 Å². The van der Waals surface area contributed by atoms with Crippen molar-refractivity contribution in [3.63, 3.8) is 0 Å². The van der Waals surface area contributed by atoms with Gasteiger partial charge in [-0.2, -0.15) is 0 Å². The zero-order valence-electron chi connectivity index (χ0n) is 12.5. The van der Waals surface area contributed by atoms with Crippen molar-refractivity contribution in [2.24, 2.45) is 17.8 Å². The molecule has 0 bridgehead atoms. The van der Waals surface area contributed by atoms with Crippen LogP contribution in [0.2, 0.25) is 0 Å². The van der Waals surface area contributed by atoms with Crippen LogP contribution < -0.4 is 0 Å². The monoisotopic (exact) mass is 257 g/mol. The van der Waals surface area contributed by atoms with Crippen molar-refractivity contribution in [3.05, 3.63) is 0 Å². The first-order chi connectivity index (χ1) is 8.45. The minimum atomic E-state index is -0.154. The lowest BCUT2D eigenvalue weighted by molar-refractivity contribution is -0.00750. The largest absolute Gasteiger partial charge is 0.396 e. The summed E-state index contributed by atoms with van der Waals surface area (Å²) in [7, 11) is 0. The van der Waals surface area contributed by atoms with Gasteiger partial charge in [-0.3, -0.25) is 0 Å². The molecule has 0 spiro atoms. The molecule has 0 amide bonds. The average molecular weight is 257 g/mol. The van der Waals surface area contributed by atoms with E-state index in [4.69, 9.17) is 5.11 Å². The quantitative estimate of drug-likeness (QED) is 0.766. The van der Waals surface area contributed by atoms with Gasteiger partial charge in [-0.15, -0.1) is 0 Å². The summed E-state index contributed by atoms with van der Waals surface area (Å²) in [5, 5.41) is 19.3. The van der Waals surface area contributed by atoms with Gasteiger partial charge in [-0.05, 0) is 44.9 Å². The summed E-state index contributed by atoms with van der Waals surface area (Å²) in [6.07, 6.45) is 2.85. The number of aliphatic hydroxyl groups excluding tert-OH is 2. The summed E-state index contributed by atoms with van der Waals surface area (Å²) < 4.78 is 0. The second-order valence-corrected chi connectivity index (χ2v) is 6.45. The standard InChI is InChI=1S/C15H31NO2/c1-11(2)16(6-5-7-17)10-14-13(4)8-12(3)9-15(14)18/h11-15,17-18H,5-10H2,1-4H3. The average Bonchev–Trinajstić information content (AvgIpc) is 2.26. The lowest BCUT2D eigenvalue weighted by atomic mass is 9.73. The van der Waals surface area contributed by atoms with Gasteiger partial charge in [-0.1, -0.05) is 13.8 Å². The molecule has 1 saturated carbocycles. The lowest BCUT2D eigenvalue weighted by Crippen LogP contribution is -2.45. The van der Waals surface area contributed by atoms with Crippen molar-refractivity contribution in [2.75, 3.05) is 19.7 Å². The number of aliphatic hydroxyl groups is 2. The van der Waals surface area contributed by atoms with Gasteiger partial charge in [0.05, 0.1) is 6.10 Å². The van der Waals surface area contributed by atoms with Gasteiger partial charge >= 0.3 is 0 Å². The summed E-state index contributed by atoms with van der Waals surface area (Å²) >= 11 is 0. The zero-order chi connectivity index (χ0) is 13.7.